The van der Waals surface area contributed by atoms with Crippen molar-refractivity contribution in [2.45, 2.75) is 12.1 Å². The number of alkyl halides is 3. The fourth-order valence-corrected chi connectivity index (χ4v) is 1.24. The summed E-state index contributed by atoms with van der Waals surface area (Å²) in [7, 11) is 1.40. The van der Waals surface area contributed by atoms with Crippen LogP contribution in [0.4, 0.5) is 13.2 Å². The van der Waals surface area contributed by atoms with E-state index in [0.717, 1.165) is 0 Å². The second kappa shape index (κ2) is 4.87. The summed E-state index contributed by atoms with van der Waals surface area (Å²) in [5.74, 6) is -3.46. The molecule has 1 aromatic rings. The number of carbonyl (C=O) groups is 1. The molecule has 0 spiro atoms. The Morgan fingerprint density at radius 1 is 1.35 bits per heavy atom. The molecule has 0 radical (unpaired) electrons. The minimum atomic E-state index is -5.01. The van der Waals surface area contributed by atoms with Gasteiger partial charge in [-0.2, -0.15) is 18.4 Å². The van der Waals surface area contributed by atoms with Crippen LogP contribution in [-0.2, 0) is 4.79 Å². The van der Waals surface area contributed by atoms with Crippen LogP contribution in [0.15, 0.2) is 24.3 Å². The number of hydrogen-bond acceptors (Lipinski definition) is 3. The molecule has 1 unspecified atom stereocenters. The Morgan fingerprint density at radius 3 is 2.24 bits per heavy atom. The number of ketones is 1. The minimum Gasteiger partial charge on any atom is -0.497 e. The van der Waals surface area contributed by atoms with Crippen molar-refractivity contribution in [2.75, 3.05) is 7.11 Å². The van der Waals surface area contributed by atoms with Gasteiger partial charge in [-0.1, -0.05) is 12.1 Å². The summed E-state index contributed by atoms with van der Waals surface area (Å²) in [4.78, 5) is 11.0. The molecular weight excluding hydrogens is 235 g/mol. The largest absolute Gasteiger partial charge is 0.497 e. The highest BCUT2D eigenvalue weighted by atomic mass is 19.4. The van der Waals surface area contributed by atoms with Crippen LogP contribution in [0.2, 0.25) is 0 Å². The van der Waals surface area contributed by atoms with Crippen molar-refractivity contribution in [1.29, 1.82) is 5.26 Å². The topological polar surface area (TPSA) is 50.1 Å². The van der Waals surface area contributed by atoms with Gasteiger partial charge in [0.2, 0.25) is 0 Å². The molecule has 0 heterocycles. The van der Waals surface area contributed by atoms with Gasteiger partial charge in [-0.25, -0.2) is 0 Å². The molecular formula is C11H8F3NO2. The van der Waals surface area contributed by atoms with Crippen molar-refractivity contribution in [3.05, 3.63) is 29.8 Å². The van der Waals surface area contributed by atoms with E-state index in [1.165, 1.54) is 37.4 Å². The molecule has 3 nitrogen and oxygen atoms in total. The first-order chi connectivity index (χ1) is 7.90. The van der Waals surface area contributed by atoms with Crippen LogP contribution >= 0.6 is 0 Å². The number of nitriles is 1. The number of Topliss-reactive ketones (excluding diaryl/α,β-unsaturated/α-hetero) is 1. The molecule has 0 amide bonds. The van der Waals surface area contributed by atoms with Crippen LogP contribution < -0.4 is 4.74 Å². The lowest BCUT2D eigenvalue weighted by Gasteiger charge is -2.11. The van der Waals surface area contributed by atoms with Crippen LogP contribution in [0.5, 0.6) is 5.75 Å². The summed E-state index contributed by atoms with van der Waals surface area (Å²) in [5, 5.41) is 8.64. The van der Waals surface area contributed by atoms with E-state index in [1.807, 2.05) is 0 Å². The van der Waals surface area contributed by atoms with Gasteiger partial charge in [0.1, 0.15) is 11.7 Å². The van der Waals surface area contributed by atoms with E-state index in [0.29, 0.717) is 5.75 Å². The van der Waals surface area contributed by atoms with Gasteiger partial charge in [-0.3, -0.25) is 4.79 Å². The van der Waals surface area contributed by atoms with Crippen molar-refractivity contribution in [2.24, 2.45) is 0 Å². The highest BCUT2D eigenvalue weighted by Crippen LogP contribution is 2.28. The molecule has 0 bridgehead atoms. The van der Waals surface area contributed by atoms with Crippen molar-refractivity contribution < 1.29 is 22.7 Å². The van der Waals surface area contributed by atoms with Gasteiger partial charge in [0.25, 0.3) is 5.78 Å². The van der Waals surface area contributed by atoms with Crippen molar-refractivity contribution in [1.82, 2.24) is 0 Å². The van der Waals surface area contributed by atoms with Crippen LogP contribution in [-0.4, -0.2) is 19.1 Å². The number of halogens is 3. The predicted molar refractivity (Wildman–Crippen MR) is 52.4 cm³/mol. The molecule has 90 valence electrons. The van der Waals surface area contributed by atoms with Crippen LogP contribution in [0.1, 0.15) is 11.5 Å². The normalized spacial score (nSPS) is 12.6. The number of benzene rings is 1. The van der Waals surface area contributed by atoms with Gasteiger partial charge in [0.15, 0.2) is 0 Å². The summed E-state index contributed by atoms with van der Waals surface area (Å²) in [6.45, 7) is 0. The molecule has 1 rings (SSSR count). The van der Waals surface area contributed by atoms with E-state index in [-0.39, 0.29) is 5.56 Å². The van der Waals surface area contributed by atoms with Crippen molar-refractivity contribution in [3.63, 3.8) is 0 Å². The molecule has 0 N–H and O–H groups in total. The molecule has 0 aromatic heterocycles. The SMILES string of the molecule is COc1ccc(C(C#N)C(=O)C(F)(F)F)cc1. The first-order valence-corrected chi connectivity index (χ1v) is 4.54. The summed E-state index contributed by atoms with van der Waals surface area (Å²) >= 11 is 0. The Bertz CT molecular complexity index is 445. The maximum absolute atomic E-state index is 12.2. The third-order valence-corrected chi connectivity index (χ3v) is 2.12. The lowest BCUT2D eigenvalue weighted by Crippen LogP contribution is -2.28. The zero-order chi connectivity index (χ0) is 13.1. The van der Waals surface area contributed by atoms with E-state index in [4.69, 9.17) is 10.00 Å². The van der Waals surface area contributed by atoms with E-state index < -0.39 is 17.9 Å². The minimum absolute atomic E-state index is 0.00405. The van der Waals surface area contributed by atoms with Gasteiger partial charge in [0, 0.05) is 0 Å². The van der Waals surface area contributed by atoms with E-state index >= 15 is 0 Å². The molecule has 0 aliphatic rings. The van der Waals surface area contributed by atoms with Gasteiger partial charge in [-0.15, -0.1) is 0 Å². The summed E-state index contributed by atoms with van der Waals surface area (Å²) in [6.07, 6.45) is -5.01. The Labute approximate surface area is 95.4 Å². The standard InChI is InChI=1S/C11H8F3NO2/c1-17-8-4-2-7(3-5-8)9(6-15)10(16)11(12,13)14/h2-5,9H,1H3. The van der Waals surface area contributed by atoms with Crippen molar-refractivity contribution >= 4 is 5.78 Å². The molecule has 17 heavy (non-hydrogen) atoms. The highest BCUT2D eigenvalue weighted by molar-refractivity contribution is 5.92. The fourth-order valence-electron chi connectivity index (χ4n) is 1.24. The molecule has 0 aliphatic heterocycles. The molecule has 1 aromatic carbocycles. The van der Waals surface area contributed by atoms with Gasteiger partial charge < -0.3 is 4.74 Å². The number of carbonyl (C=O) groups excluding carboxylic acids is 1. The monoisotopic (exact) mass is 243 g/mol. The van der Waals surface area contributed by atoms with E-state index in [2.05, 4.69) is 0 Å². The van der Waals surface area contributed by atoms with E-state index in [9.17, 15) is 18.0 Å². The predicted octanol–water partition coefficient (Wildman–Crippen LogP) is 2.43. The van der Waals surface area contributed by atoms with Gasteiger partial charge >= 0.3 is 6.18 Å². The Kier molecular flexibility index (Phi) is 3.73. The number of rotatable bonds is 3. The number of hydrogen-bond donors (Lipinski definition) is 0. The lowest BCUT2D eigenvalue weighted by molar-refractivity contribution is -0.171. The Balaban J connectivity index is 3.03. The molecule has 0 saturated carbocycles. The fraction of sp³-hybridized carbons (Fsp3) is 0.273. The molecule has 0 fully saturated rings. The third kappa shape index (κ3) is 2.97. The summed E-state index contributed by atoms with van der Waals surface area (Å²) < 4.78 is 41.4. The Morgan fingerprint density at radius 2 is 1.88 bits per heavy atom. The first-order valence-electron chi connectivity index (χ1n) is 4.54. The summed E-state index contributed by atoms with van der Waals surface area (Å²) in [5.41, 5.74) is -0.00405. The number of nitrogens with zero attached hydrogens (tertiary/aromatic N) is 1. The first kappa shape index (κ1) is 13.0. The van der Waals surface area contributed by atoms with Crippen molar-refractivity contribution in [3.8, 4) is 11.8 Å². The average Bonchev–Trinajstić information content (AvgIpc) is 2.29. The maximum Gasteiger partial charge on any atom is 0.451 e. The van der Waals surface area contributed by atoms with Gasteiger partial charge in [-0.05, 0) is 17.7 Å². The second-order valence-corrected chi connectivity index (χ2v) is 3.20. The van der Waals surface area contributed by atoms with E-state index in [1.54, 1.807) is 0 Å². The molecule has 1 atom stereocenters. The van der Waals surface area contributed by atoms with Crippen LogP contribution in [0.25, 0.3) is 0 Å². The smallest absolute Gasteiger partial charge is 0.451 e. The van der Waals surface area contributed by atoms with Gasteiger partial charge in [0.05, 0.1) is 13.2 Å². The average molecular weight is 243 g/mol. The van der Waals surface area contributed by atoms with Crippen LogP contribution in [0.3, 0.4) is 0 Å². The zero-order valence-electron chi connectivity index (χ0n) is 8.78. The quantitative estimate of drug-likeness (QED) is 0.819. The molecule has 0 saturated heterocycles. The third-order valence-electron chi connectivity index (χ3n) is 2.12. The van der Waals surface area contributed by atoms with Crippen LogP contribution in [0, 0.1) is 11.3 Å². The highest BCUT2D eigenvalue weighted by Gasteiger charge is 2.44. The molecule has 0 aliphatic carbocycles. The maximum atomic E-state index is 12.2. The lowest BCUT2D eigenvalue weighted by atomic mass is 9.96. The Hall–Kier alpha value is -2.03. The second-order valence-electron chi connectivity index (χ2n) is 3.20. The number of ether oxygens (including phenoxy) is 1. The summed E-state index contributed by atoms with van der Waals surface area (Å²) in [6, 6.07) is 6.66. The number of methoxy groups -OCH3 is 1. The zero-order valence-corrected chi connectivity index (χ0v) is 8.78. The molecule has 6 heteroatoms.